The van der Waals surface area contributed by atoms with Crippen molar-refractivity contribution in [2.75, 3.05) is 19.7 Å². The summed E-state index contributed by atoms with van der Waals surface area (Å²) in [5.41, 5.74) is -0.476. The van der Waals surface area contributed by atoms with Crippen LogP contribution < -0.4 is 0 Å². The van der Waals surface area contributed by atoms with Crippen LogP contribution in [0.2, 0.25) is 0 Å². The summed E-state index contributed by atoms with van der Waals surface area (Å²) < 4.78 is 5.47. The molecule has 0 aromatic heterocycles. The van der Waals surface area contributed by atoms with Crippen molar-refractivity contribution in [1.29, 1.82) is 0 Å². The Morgan fingerprint density at radius 3 is 2.44 bits per heavy atom. The SMILES string of the molecule is CCCCCCCCC(C)CC1=NC(C)(C)CN1CCOC(=O)C(C)(C)C. The normalized spacial score (nSPS) is 17.7. The van der Waals surface area contributed by atoms with Crippen molar-refractivity contribution in [2.24, 2.45) is 16.3 Å². The molecule has 1 heterocycles. The van der Waals surface area contributed by atoms with Crippen LogP contribution in [0.1, 0.15) is 99.8 Å². The lowest BCUT2D eigenvalue weighted by molar-refractivity contribution is -0.153. The van der Waals surface area contributed by atoms with E-state index in [4.69, 9.17) is 9.73 Å². The van der Waals surface area contributed by atoms with Crippen molar-refractivity contribution < 1.29 is 9.53 Å². The number of unbranched alkanes of at least 4 members (excludes halogenated alkanes) is 5. The molecule has 0 fully saturated rings. The Bertz CT molecular complexity index is 477. The fourth-order valence-corrected chi connectivity index (χ4v) is 3.55. The minimum absolute atomic E-state index is 0.0385. The first-order chi connectivity index (χ1) is 12.5. The van der Waals surface area contributed by atoms with Crippen LogP contribution in [0.3, 0.4) is 0 Å². The molecule has 1 rings (SSSR count). The number of hydrogen-bond donors (Lipinski definition) is 0. The smallest absolute Gasteiger partial charge is 0.311 e. The van der Waals surface area contributed by atoms with E-state index in [0.29, 0.717) is 12.5 Å². The zero-order valence-corrected chi connectivity index (χ0v) is 19.1. The molecule has 0 saturated heterocycles. The second kappa shape index (κ2) is 11.1. The molecule has 0 spiro atoms. The molecule has 0 aromatic rings. The summed E-state index contributed by atoms with van der Waals surface area (Å²) >= 11 is 0. The molecule has 0 aliphatic carbocycles. The van der Waals surface area contributed by atoms with Crippen LogP contribution in [-0.2, 0) is 9.53 Å². The standard InChI is InChI=1S/C23H44N2O2/c1-8-9-10-11-12-13-14-19(2)17-20-24-23(6,7)18-25(20)15-16-27-21(26)22(3,4)5/h19H,8-18H2,1-7H3. The van der Waals surface area contributed by atoms with Gasteiger partial charge in [-0.2, -0.15) is 0 Å². The maximum absolute atomic E-state index is 12.0. The molecular formula is C23H44N2O2. The summed E-state index contributed by atoms with van der Waals surface area (Å²) in [5, 5.41) is 0. The van der Waals surface area contributed by atoms with Crippen LogP contribution >= 0.6 is 0 Å². The van der Waals surface area contributed by atoms with E-state index in [9.17, 15) is 4.79 Å². The molecule has 1 aliphatic rings. The van der Waals surface area contributed by atoms with Crippen LogP contribution in [0, 0.1) is 11.3 Å². The topological polar surface area (TPSA) is 41.9 Å². The Morgan fingerprint density at radius 2 is 1.81 bits per heavy atom. The molecule has 0 saturated carbocycles. The van der Waals surface area contributed by atoms with Gasteiger partial charge in [-0.05, 0) is 40.5 Å². The molecule has 27 heavy (non-hydrogen) atoms. The van der Waals surface area contributed by atoms with E-state index in [2.05, 4.69) is 32.6 Å². The molecule has 1 aliphatic heterocycles. The van der Waals surface area contributed by atoms with Crippen LogP contribution in [-0.4, -0.2) is 41.9 Å². The van der Waals surface area contributed by atoms with Crippen molar-refractivity contribution in [3.8, 4) is 0 Å². The average molecular weight is 381 g/mol. The van der Waals surface area contributed by atoms with E-state index in [1.54, 1.807) is 0 Å². The number of ether oxygens (including phenoxy) is 1. The highest BCUT2D eigenvalue weighted by atomic mass is 16.5. The quantitative estimate of drug-likeness (QED) is 0.315. The van der Waals surface area contributed by atoms with E-state index in [1.807, 2.05) is 20.8 Å². The Balaban J connectivity index is 2.40. The van der Waals surface area contributed by atoms with Crippen molar-refractivity contribution in [3.63, 3.8) is 0 Å². The summed E-state index contributed by atoms with van der Waals surface area (Å²) in [5.74, 6) is 1.73. The lowest BCUT2D eigenvalue weighted by Crippen LogP contribution is -2.36. The number of esters is 1. The molecule has 0 N–H and O–H groups in total. The third-order valence-corrected chi connectivity index (χ3v) is 5.16. The summed E-state index contributed by atoms with van der Waals surface area (Å²) in [6.45, 7) is 16.8. The summed E-state index contributed by atoms with van der Waals surface area (Å²) in [6.07, 6.45) is 10.4. The van der Waals surface area contributed by atoms with Crippen molar-refractivity contribution in [1.82, 2.24) is 4.90 Å². The Morgan fingerprint density at radius 1 is 1.19 bits per heavy atom. The second-order valence-corrected chi connectivity index (χ2v) is 10.0. The molecule has 0 bridgehead atoms. The van der Waals surface area contributed by atoms with Gasteiger partial charge >= 0.3 is 5.97 Å². The second-order valence-electron chi connectivity index (χ2n) is 10.0. The number of hydrogen-bond acceptors (Lipinski definition) is 4. The fraction of sp³-hybridized carbons (Fsp3) is 0.913. The van der Waals surface area contributed by atoms with Gasteiger partial charge in [-0.25, -0.2) is 0 Å². The van der Waals surface area contributed by atoms with Gasteiger partial charge in [0.15, 0.2) is 0 Å². The lowest BCUT2D eigenvalue weighted by atomic mass is 9.97. The highest BCUT2D eigenvalue weighted by Gasteiger charge is 2.32. The van der Waals surface area contributed by atoms with Gasteiger partial charge in [0.2, 0.25) is 0 Å². The Kier molecular flexibility index (Phi) is 9.83. The van der Waals surface area contributed by atoms with Crippen molar-refractivity contribution in [3.05, 3.63) is 0 Å². The molecule has 1 unspecified atom stereocenters. The first-order valence-electron chi connectivity index (χ1n) is 11.1. The Hall–Kier alpha value is -1.06. The van der Waals surface area contributed by atoms with Gasteiger partial charge in [-0.3, -0.25) is 9.79 Å². The van der Waals surface area contributed by atoms with E-state index >= 15 is 0 Å². The van der Waals surface area contributed by atoms with Crippen molar-refractivity contribution >= 4 is 11.8 Å². The van der Waals surface area contributed by atoms with Crippen LogP contribution in [0.25, 0.3) is 0 Å². The van der Waals surface area contributed by atoms with E-state index in [0.717, 1.165) is 19.5 Å². The number of amidine groups is 1. The van der Waals surface area contributed by atoms with Gasteiger partial charge in [0.05, 0.1) is 17.5 Å². The molecule has 0 amide bonds. The summed E-state index contributed by atoms with van der Waals surface area (Å²) in [6, 6.07) is 0. The maximum Gasteiger partial charge on any atom is 0.311 e. The number of aliphatic imine (C=N–C) groups is 1. The summed E-state index contributed by atoms with van der Waals surface area (Å²) in [7, 11) is 0. The van der Waals surface area contributed by atoms with E-state index < -0.39 is 5.41 Å². The number of nitrogens with zero attached hydrogens (tertiary/aromatic N) is 2. The van der Waals surface area contributed by atoms with Gasteiger partial charge in [0, 0.05) is 13.0 Å². The number of carbonyl (C=O) groups is 1. The molecule has 0 radical (unpaired) electrons. The lowest BCUT2D eigenvalue weighted by Gasteiger charge is -2.25. The van der Waals surface area contributed by atoms with Crippen molar-refractivity contribution in [2.45, 2.75) is 105 Å². The number of rotatable bonds is 12. The zero-order chi connectivity index (χ0) is 20.5. The van der Waals surface area contributed by atoms with E-state index in [-0.39, 0.29) is 11.5 Å². The number of carbonyl (C=O) groups excluding carboxylic acids is 1. The minimum Gasteiger partial charge on any atom is -0.463 e. The van der Waals surface area contributed by atoms with Crippen LogP contribution in [0.5, 0.6) is 0 Å². The van der Waals surface area contributed by atoms with Gasteiger partial charge in [-0.1, -0.05) is 58.8 Å². The van der Waals surface area contributed by atoms with Gasteiger partial charge in [-0.15, -0.1) is 0 Å². The van der Waals surface area contributed by atoms with Crippen LogP contribution in [0.15, 0.2) is 4.99 Å². The molecule has 158 valence electrons. The highest BCUT2D eigenvalue weighted by molar-refractivity contribution is 5.85. The molecule has 0 aromatic carbocycles. The maximum atomic E-state index is 12.0. The largest absolute Gasteiger partial charge is 0.463 e. The molecule has 1 atom stereocenters. The minimum atomic E-state index is -0.438. The fourth-order valence-electron chi connectivity index (χ4n) is 3.55. The first-order valence-corrected chi connectivity index (χ1v) is 11.1. The van der Waals surface area contributed by atoms with Gasteiger partial charge in [0.1, 0.15) is 12.4 Å². The third kappa shape index (κ3) is 9.62. The summed E-state index contributed by atoms with van der Waals surface area (Å²) in [4.78, 5) is 19.3. The van der Waals surface area contributed by atoms with Gasteiger partial charge in [0.25, 0.3) is 0 Å². The molecule has 4 heteroatoms. The molecule has 4 nitrogen and oxygen atoms in total. The van der Waals surface area contributed by atoms with E-state index in [1.165, 1.54) is 50.8 Å². The predicted octanol–water partition coefficient (Wildman–Crippen LogP) is 5.85. The van der Waals surface area contributed by atoms with Crippen LogP contribution in [0.4, 0.5) is 0 Å². The average Bonchev–Trinajstić information content (AvgIpc) is 2.83. The predicted molar refractivity (Wildman–Crippen MR) is 115 cm³/mol. The zero-order valence-electron chi connectivity index (χ0n) is 19.1. The monoisotopic (exact) mass is 380 g/mol. The third-order valence-electron chi connectivity index (χ3n) is 5.16. The van der Waals surface area contributed by atoms with Gasteiger partial charge < -0.3 is 9.64 Å². The molecular weight excluding hydrogens is 336 g/mol. The Labute approximate surface area is 168 Å². The highest BCUT2D eigenvalue weighted by Crippen LogP contribution is 2.25. The first kappa shape index (κ1) is 24.0.